The van der Waals surface area contributed by atoms with Gasteiger partial charge < -0.3 is 5.32 Å². The minimum absolute atomic E-state index is 0.0643. The maximum Gasteiger partial charge on any atom is 0.251 e. The van der Waals surface area contributed by atoms with E-state index in [1.165, 1.54) is 7.05 Å². The lowest BCUT2D eigenvalue weighted by molar-refractivity contribution is -0.136. The normalized spacial score (nSPS) is 18.6. The first-order valence-corrected chi connectivity index (χ1v) is 5.76. The molecule has 1 aromatic heterocycles. The van der Waals surface area contributed by atoms with Crippen LogP contribution in [0, 0.1) is 25.2 Å². The Hall–Kier alpha value is -2.49. The van der Waals surface area contributed by atoms with E-state index in [1.54, 1.807) is 13.8 Å². The number of nitrogens with one attached hydrogen (secondary N) is 1. The quantitative estimate of drug-likeness (QED) is 0.758. The molecule has 0 radical (unpaired) electrons. The first-order valence-electron chi connectivity index (χ1n) is 5.76. The number of nitriles is 1. The molecule has 1 N–H and O–H groups in total. The van der Waals surface area contributed by atoms with Gasteiger partial charge in [-0.3, -0.25) is 14.5 Å². The van der Waals surface area contributed by atoms with Gasteiger partial charge in [0, 0.05) is 7.05 Å². The van der Waals surface area contributed by atoms with Crippen molar-refractivity contribution in [2.45, 2.75) is 26.3 Å². The molecule has 1 aliphatic rings. The second-order valence-corrected chi connectivity index (χ2v) is 4.44. The molecule has 1 atom stereocenters. The zero-order chi connectivity index (χ0) is 14.2. The zero-order valence-electron chi connectivity index (χ0n) is 10.9. The van der Waals surface area contributed by atoms with Gasteiger partial charge in [0.1, 0.15) is 17.7 Å². The molecule has 0 aliphatic carbocycles. The molecule has 1 unspecified atom stereocenters. The summed E-state index contributed by atoms with van der Waals surface area (Å²) in [5.41, 5.74) is 1.72. The van der Waals surface area contributed by atoms with Crippen molar-refractivity contribution in [3.05, 3.63) is 16.8 Å². The van der Waals surface area contributed by atoms with Gasteiger partial charge in [0.15, 0.2) is 5.82 Å². The number of aryl methyl sites for hydroxylation is 1. The van der Waals surface area contributed by atoms with Crippen molar-refractivity contribution >= 4 is 17.6 Å². The lowest BCUT2D eigenvalue weighted by atomic mass is 10.1. The number of likely N-dealkylation sites (N-methyl/N-ethyl adjacent to an activating group) is 1. The summed E-state index contributed by atoms with van der Waals surface area (Å²) in [5.74, 6) is -0.334. The number of anilines is 1. The molecule has 2 heterocycles. The molecule has 0 bridgehead atoms. The van der Waals surface area contributed by atoms with E-state index < -0.39 is 6.04 Å². The highest BCUT2D eigenvalue weighted by Crippen LogP contribution is 2.21. The number of aromatic nitrogens is 2. The monoisotopic (exact) mass is 259 g/mol. The van der Waals surface area contributed by atoms with Gasteiger partial charge in [-0.05, 0) is 19.4 Å². The molecule has 2 amide bonds. The molecule has 1 saturated heterocycles. The fourth-order valence-corrected chi connectivity index (χ4v) is 1.88. The van der Waals surface area contributed by atoms with Crippen LogP contribution in [0.15, 0.2) is 0 Å². The number of carbonyl (C=O) groups excluding carboxylic acids is 2. The van der Waals surface area contributed by atoms with Gasteiger partial charge >= 0.3 is 0 Å². The van der Waals surface area contributed by atoms with Crippen molar-refractivity contribution in [2.75, 3.05) is 12.4 Å². The van der Waals surface area contributed by atoms with E-state index in [-0.39, 0.29) is 24.1 Å². The summed E-state index contributed by atoms with van der Waals surface area (Å²) in [6.45, 7) is 3.52. The van der Waals surface area contributed by atoms with Crippen LogP contribution >= 0.6 is 0 Å². The topological polar surface area (TPSA) is 99.0 Å². The van der Waals surface area contributed by atoms with Gasteiger partial charge in [0.2, 0.25) is 5.91 Å². The van der Waals surface area contributed by atoms with Crippen LogP contribution in [-0.2, 0) is 9.59 Å². The molecular formula is C12H13N5O2. The van der Waals surface area contributed by atoms with Crippen LogP contribution in [0.2, 0.25) is 0 Å². The van der Waals surface area contributed by atoms with Crippen LogP contribution in [0.4, 0.5) is 5.82 Å². The fourth-order valence-electron chi connectivity index (χ4n) is 1.88. The number of likely N-dealkylation sites (tertiary alicyclic amines) is 1. The maximum absolute atomic E-state index is 11.8. The molecule has 19 heavy (non-hydrogen) atoms. The summed E-state index contributed by atoms with van der Waals surface area (Å²) in [4.78, 5) is 24.3. The molecule has 1 aliphatic heterocycles. The molecular weight excluding hydrogens is 246 g/mol. The van der Waals surface area contributed by atoms with Crippen molar-refractivity contribution in [3.63, 3.8) is 0 Å². The highest BCUT2D eigenvalue weighted by atomic mass is 16.2. The molecule has 7 nitrogen and oxygen atoms in total. The predicted molar refractivity (Wildman–Crippen MR) is 66.0 cm³/mol. The average Bonchev–Trinajstić information content (AvgIpc) is 2.62. The summed E-state index contributed by atoms with van der Waals surface area (Å²) < 4.78 is 0. The lowest BCUT2D eigenvalue weighted by Crippen LogP contribution is -2.32. The standard InChI is InChI=1S/C12H13N5O2/c1-6-7(2)15-16-11(8(6)5-13)14-9-4-10(18)17(3)12(9)19/h9H,4H2,1-3H3,(H,14,16). The van der Waals surface area contributed by atoms with Crippen LogP contribution in [0.5, 0.6) is 0 Å². The second kappa shape index (κ2) is 4.65. The van der Waals surface area contributed by atoms with E-state index in [9.17, 15) is 9.59 Å². The van der Waals surface area contributed by atoms with Gasteiger partial charge in [-0.2, -0.15) is 10.4 Å². The van der Waals surface area contributed by atoms with Crippen LogP contribution < -0.4 is 5.32 Å². The highest BCUT2D eigenvalue weighted by Gasteiger charge is 2.36. The first kappa shape index (κ1) is 13.0. The predicted octanol–water partition coefficient (Wildman–Crippen LogP) is 0.134. The summed E-state index contributed by atoms with van der Waals surface area (Å²) in [5, 5.41) is 19.8. The third-order valence-corrected chi connectivity index (χ3v) is 3.26. The summed E-state index contributed by atoms with van der Waals surface area (Å²) in [6, 6.07) is 1.36. The van der Waals surface area contributed by atoms with Crippen molar-refractivity contribution in [1.82, 2.24) is 15.1 Å². The summed E-state index contributed by atoms with van der Waals surface area (Å²) >= 11 is 0. The average molecular weight is 259 g/mol. The Morgan fingerprint density at radius 1 is 1.37 bits per heavy atom. The Morgan fingerprint density at radius 2 is 2.05 bits per heavy atom. The number of nitrogens with zero attached hydrogens (tertiary/aromatic N) is 4. The molecule has 1 fully saturated rings. The largest absolute Gasteiger partial charge is 0.355 e. The smallest absolute Gasteiger partial charge is 0.251 e. The van der Waals surface area contributed by atoms with E-state index in [2.05, 4.69) is 15.5 Å². The zero-order valence-corrected chi connectivity index (χ0v) is 10.9. The first-order chi connectivity index (χ1) is 8.95. The highest BCUT2D eigenvalue weighted by molar-refractivity contribution is 6.06. The number of hydrogen-bond donors (Lipinski definition) is 1. The molecule has 0 aromatic carbocycles. The summed E-state index contributed by atoms with van der Waals surface area (Å²) in [6.07, 6.45) is 0.0643. The Balaban J connectivity index is 2.31. The fraction of sp³-hybridized carbons (Fsp3) is 0.417. The van der Waals surface area contributed by atoms with Crippen LogP contribution in [-0.4, -0.2) is 40.0 Å². The lowest BCUT2D eigenvalue weighted by Gasteiger charge is -2.13. The Morgan fingerprint density at radius 3 is 2.58 bits per heavy atom. The van der Waals surface area contributed by atoms with Gasteiger partial charge in [0.25, 0.3) is 5.91 Å². The molecule has 98 valence electrons. The van der Waals surface area contributed by atoms with Gasteiger partial charge in [-0.15, -0.1) is 5.10 Å². The van der Waals surface area contributed by atoms with Crippen molar-refractivity contribution < 1.29 is 9.59 Å². The molecule has 0 saturated carbocycles. The Labute approximate surface area is 110 Å². The van der Waals surface area contributed by atoms with Gasteiger partial charge in [0.05, 0.1) is 12.1 Å². The molecule has 0 spiro atoms. The Bertz CT molecular complexity index is 605. The maximum atomic E-state index is 11.8. The molecule has 1 aromatic rings. The van der Waals surface area contributed by atoms with Crippen molar-refractivity contribution in [2.24, 2.45) is 0 Å². The van der Waals surface area contributed by atoms with E-state index in [4.69, 9.17) is 5.26 Å². The molecule has 2 rings (SSSR count). The minimum atomic E-state index is -0.680. The van der Waals surface area contributed by atoms with E-state index in [0.717, 1.165) is 4.90 Å². The summed E-state index contributed by atoms with van der Waals surface area (Å²) in [7, 11) is 1.43. The second-order valence-electron chi connectivity index (χ2n) is 4.44. The van der Waals surface area contributed by atoms with Crippen LogP contribution in [0.25, 0.3) is 0 Å². The van der Waals surface area contributed by atoms with E-state index in [1.807, 2.05) is 6.07 Å². The number of carbonyl (C=O) groups is 2. The van der Waals surface area contributed by atoms with Crippen molar-refractivity contribution in [1.29, 1.82) is 5.26 Å². The number of amides is 2. The number of hydrogen-bond acceptors (Lipinski definition) is 6. The molecule has 7 heteroatoms. The van der Waals surface area contributed by atoms with Crippen LogP contribution in [0.3, 0.4) is 0 Å². The van der Waals surface area contributed by atoms with E-state index >= 15 is 0 Å². The van der Waals surface area contributed by atoms with E-state index in [0.29, 0.717) is 16.8 Å². The third-order valence-electron chi connectivity index (χ3n) is 3.26. The van der Waals surface area contributed by atoms with Crippen molar-refractivity contribution in [3.8, 4) is 6.07 Å². The minimum Gasteiger partial charge on any atom is -0.355 e. The number of imide groups is 1. The Kier molecular flexibility index (Phi) is 3.17. The van der Waals surface area contributed by atoms with Gasteiger partial charge in [-0.1, -0.05) is 0 Å². The third kappa shape index (κ3) is 2.12. The SMILES string of the molecule is Cc1nnc(NC2CC(=O)N(C)C2=O)c(C#N)c1C. The van der Waals surface area contributed by atoms with Crippen LogP contribution in [0.1, 0.15) is 23.2 Å². The van der Waals surface area contributed by atoms with Gasteiger partial charge in [-0.25, -0.2) is 0 Å². The number of rotatable bonds is 2.